The van der Waals surface area contributed by atoms with E-state index in [-0.39, 0.29) is 17.2 Å². The second-order valence-electron chi connectivity index (χ2n) is 7.01. The van der Waals surface area contributed by atoms with Gasteiger partial charge in [-0.3, -0.25) is 4.90 Å². The number of piperazine rings is 1. The fourth-order valence-corrected chi connectivity index (χ4v) is 3.27. The Bertz CT molecular complexity index is 550. The SMILES string of the molecule is COc1ccc(OC(F)(F)F)cc1[C@H](N1CCNCC1)C(C)(C)C. The first kappa shape index (κ1) is 18.9. The Hall–Kier alpha value is -1.47. The van der Waals surface area contributed by atoms with Crippen molar-refractivity contribution in [2.45, 2.75) is 33.2 Å². The summed E-state index contributed by atoms with van der Waals surface area (Å²) in [5.41, 5.74) is 0.537. The Morgan fingerprint density at radius 3 is 2.25 bits per heavy atom. The average molecular weight is 346 g/mol. The van der Waals surface area contributed by atoms with E-state index in [1.165, 1.54) is 25.3 Å². The van der Waals surface area contributed by atoms with Crippen LogP contribution in [0.5, 0.6) is 11.5 Å². The maximum atomic E-state index is 12.6. The standard InChI is InChI=1S/C17H25F3N2O2/c1-16(2,3)15(22-9-7-21-8-10-22)13-11-12(24-17(18,19)20)5-6-14(13)23-4/h5-6,11,15,21H,7-10H2,1-4H3/t15-/m0/s1. The maximum Gasteiger partial charge on any atom is 0.573 e. The van der Waals surface area contributed by atoms with Crippen molar-refractivity contribution in [3.63, 3.8) is 0 Å². The lowest BCUT2D eigenvalue weighted by atomic mass is 9.80. The molecule has 7 heteroatoms. The van der Waals surface area contributed by atoms with Crippen molar-refractivity contribution in [3.8, 4) is 11.5 Å². The first-order valence-electron chi connectivity index (χ1n) is 8.00. The average Bonchev–Trinajstić information content (AvgIpc) is 2.46. The second kappa shape index (κ2) is 7.19. The van der Waals surface area contributed by atoms with Crippen LogP contribution >= 0.6 is 0 Å². The van der Waals surface area contributed by atoms with Crippen LogP contribution in [0.3, 0.4) is 0 Å². The number of nitrogens with zero attached hydrogens (tertiary/aromatic N) is 1. The Kier molecular flexibility index (Phi) is 5.65. The van der Waals surface area contributed by atoms with Crippen LogP contribution in [0, 0.1) is 5.41 Å². The molecule has 1 aromatic carbocycles. The molecule has 0 radical (unpaired) electrons. The van der Waals surface area contributed by atoms with Crippen LogP contribution in [0.15, 0.2) is 18.2 Å². The number of rotatable bonds is 4. The van der Waals surface area contributed by atoms with Crippen molar-refractivity contribution in [2.24, 2.45) is 5.41 Å². The molecule has 0 aliphatic carbocycles. The smallest absolute Gasteiger partial charge is 0.496 e. The Balaban J connectivity index is 2.44. The summed E-state index contributed by atoms with van der Waals surface area (Å²) >= 11 is 0. The zero-order valence-electron chi connectivity index (χ0n) is 14.5. The first-order chi connectivity index (χ1) is 11.1. The van der Waals surface area contributed by atoms with E-state index in [4.69, 9.17) is 4.74 Å². The number of benzene rings is 1. The predicted octanol–water partition coefficient (Wildman–Crippen LogP) is 3.59. The van der Waals surface area contributed by atoms with Crippen LogP contribution < -0.4 is 14.8 Å². The van der Waals surface area contributed by atoms with Crippen molar-refractivity contribution >= 4 is 0 Å². The minimum Gasteiger partial charge on any atom is -0.496 e. The number of ether oxygens (including phenoxy) is 2. The molecule has 0 bridgehead atoms. The molecule has 24 heavy (non-hydrogen) atoms. The summed E-state index contributed by atoms with van der Waals surface area (Å²) in [5, 5.41) is 3.30. The van der Waals surface area contributed by atoms with Gasteiger partial charge in [-0.25, -0.2) is 0 Å². The molecule has 1 heterocycles. The van der Waals surface area contributed by atoms with Gasteiger partial charge in [0.15, 0.2) is 0 Å². The Morgan fingerprint density at radius 2 is 1.75 bits per heavy atom. The largest absolute Gasteiger partial charge is 0.573 e. The molecule has 1 aromatic rings. The molecule has 1 fully saturated rings. The third kappa shape index (κ3) is 4.77. The summed E-state index contributed by atoms with van der Waals surface area (Å²) in [5.74, 6) is 0.352. The first-order valence-corrected chi connectivity index (χ1v) is 8.00. The number of hydrogen-bond acceptors (Lipinski definition) is 4. The van der Waals surface area contributed by atoms with Gasteiger partial charge in [-0.2, -0.15) is 0 Å². The van der Waals surface area contributed by atoms with E-state index < -0.39 is 6.36 Å². The zero-order valence-corrected chi connectivity index (χ0v) is 14.5. The molecule has 1 aliphatic rings. The molecule has 0 unspecified atom stereocenters. The van der Waals surface area contributed by atoms with E-state index in [2.05, 4.69) is 35.7 Å². The molecule has 0 spiro atoms. The summed E-state index contributed by atoms with van der Waals surface area (Å²) < 4.78 is 47.2. The van der Waals surface area contributed by atoms with Gasteiger partial charge in [-0.1, -0.05) is 20.8 Å². The minimum absolute atomic E-state index is 0.0775. The highest BCUT2D eigenvalue weighted by Gasteiger charge is 2.36. The van der Waals surface area contributed by atoms with Gasteiger partial charge in [-0.05, 0) is 23.6 Å². The highest BCUT2D eigenvalue weighted by atomic mass is 19.4. The third-order valence-corrected chi connectivity index (χ3v) is 4.07. The summed E-state index contributed by atoms with van der Waals surface area (Å²) in [6.07, 6.45) is -4.71. The number of methoxy groups -OCH3 is 1. The fraction of sp³-hybridized carbons (Fsp3) is 0.647. The van der Waals surface area contributed by atoms with E-state index in [1.807, 2.05) is 0 Å². The summed E-state index contributed by atoms with van der Waals surface area (Å²) in [4.78, 5) is 2.28. The monoisotopic (exact) mass is 346 g/mol. The van der Waals surface area contributed by atoms with Crippen molar-refractivity contribution in [2.75, 3.05) is 33.3 Å². The van der Waals surface area contributed by atoms with Crippen LogP contribution in [0.1, 0.15) is 32.4 Å². The normalized spacial score (nSPS) is 18.3. The van der Waals surface area contributed by atoms with Crippen molar-refractivity contribution in [1.82, 2.24) is 10.2 Å². The van der Waals surface area contributed by atoms with Gasteiger partial charge < -0.3 is 14.8 Å². The van der Waals surface area contributed by atoms with E-state index in [0.29, 0.717) is 11.3 Å². The summed E-state index contributed by atoms with van der Waals surface area (Å²) in [6.45, 7) is 9.61. The molecule has 0 amide bonds. The molecular weight excluding hydrogens is 321 g/mol. The lowest BCUT2D eigenvalue weighted by Crippen LogP contribution is -2.48. The van der Waals surface area contributed by atoms with Crippen molar-refractivity contribution < 1.29 is 22.6 Å². The predicted molar refractivity (Wildman–Crippen MR) is 86.3 cm³/mol. The third-order valence-electron chi connectivity index (χ3n) is 4.07. The minimum atomic E-state index is -4.71. The summed E-state index contributed by atoms with van der Waals surface area (Å²) in [6, 6.07) is 4.20. The van der Waals surface area contributed by atoms with Crippen LogP contribution in [0.2, 0.25) is 0 Å². The van der Waals surface area contributed by atoms with Crippen LogP contribution in [-0.2, 0) is 0 Å². The molecular formula is C17H25F3N2O2. The second-order valence-corrected chi connectivity index (χ2v) is 7.01. The van der Waals surface area contributed by atoms with Crippen LogP contribution in [0.25, 0.3) is 0 Å². The molecule has 1 N–H and O–H groups in total. The van der Waals surface area contributed by atoms with Crippen molar-refractivity contribution in [3.05, 3.63) is 23.8 Å². The van der Waals surface area contributed by atoms with Gasteiger partial charge in [0.05, 0.1) is 7.11 Å². The van der Waals surface area contributed by atoms with Gasteiger partial charge in [0.25, 0.3) is 0 Å². The quantitative estimate of drug-likeness (QED) is 0.903. The maximum absolute atomic E-state index is 12.6. The molecule has 0 aromatic heterocycles. The Labute approximate surface area is 140 Å². The molecule has 1 saturated heterocycles. The number of hydrogen-bond donors (Lipinski definition) is 1. The van der Waals surface area contributed by atoms with E-state index in [9.17, 15) is 13.2 Å². The van der Waals surface area contributed by atoms with Crippen LogP contribution in [-0.4, -0.2) is 44.6 Å². The molecule has 0 saturated carbocycles. The highest BCUT2D eigenvalue weighted by Crippen LogP contribution is 2.43. The van der Waals surface area contributed by atoms with Gasteiger partial charge in [0, 0.05) is 37.8 Å². The number of halogens is 3. The van der Waals surface area contributed by atoms with Crippen molar-refractivity contribution in [1.29, 1.82) is 0 Å². The summed E-state index contributed by atoms with van der Waals surface area (Å²) in [7, 11) is 1.53. The fourth-order valence-electron chi connectivity index (χ4n) is 3.27. The van der Waals surface area contributed by atoms with E-state index in [0.717, 1.165) is 26.2 Å². The van der Waals surface area contributed by atoms with Gasteiger partial charge in [0.2, 0.25) is 0 Å². The molecule has 2 rings (SSSR count). The molecule has 1 atom stereocenters. The van der Waals surface area contributed by atoms with E-state index in [1.54, 1.807) is 0 Å². The lowest BCUT2D eigenvalue weighted by molar-refractivity contribution is -0.274. The number of alkyl halides is 3. The molecule has 1 aliphatic heterocycles. The lowest BCUT2D eigenvalue weighted by Gasteiger charge is -2.43. The topological polar surface area (TPSA) is 33.7 Å². The highest BCUT2D eigenvalue weighted by molar-refractivity contribution is 5.43. The van der Waals surface area contributed by atoms with Gasteiger partial charge >= 0.3 is 6.36 Å². The zero-order chi connectivity index (χ0) is 18.0. The van der Waals surface area contributed by atoms with Crippen LogP contribution in [0.4, 0.5) is 13.2 Å². The molecule has 4 nitrogen and oxygen atoms in total. The number of nitrogens with one attached hydrogen (secondary N) is 1. The van der Waals surface area contributed by atoms with Gasteiger partial charge in [-0.15, -0.1) is 13.2 Å². The van der Waals surface area contributed by atoms with E-state index >= 15 is 0 Å². The molecule has 136 valence electrons. The van der Waals surface area contributed by atoms with Gasteiger partial charge in [0.1, 0.15) is 11.5 Å². The Morgan fingerprint density at radius 1 is 1.12 bits per heavy atom.